The average molecular weight is 414 g/mol. The Balaban J connectivity index is 2.25. The first-order valence-electron chi connectivity index (χ1n) is 8.55. The molecule has 4 nitrogen and oxygen atoms in total. The van der Waals surface area contributed by atoms with E-state index in [2.05, 4.69) is 0 Å². The number of methoxy groups -OCH3 is 1. The monoisotopic (exact) mass is 413 g/mol. The summed E-state index contributed by atoms with van der Waals surface area (Å²) in [7, 11) is 0.101. The molecule has 0 aliphatic rings. The number of halogens is 2. The maximum Gasteiger partial charge on any atom is 0.125 e. The van der Waals surface area contributed by atoms with Crippen LogP contribution in [0.3, 0.4) is 0 Å². The zero-order valence-corrected chi connectivity index (χ0v) is 17.5. The van der Waals surface area contributed by atoms with Crippen molar-refractivity contribution in [3.05, 3.63) is 58.4 Å². The van der Waals surface area contributed by atoms with E-state index in [-0.39, 0.29) is 12.5 Å². The fourth-order valence-corrected chi connectivity index (χ4v) is 3.65. The van der Waals surface area contributed by atoms with Gasteiger partial charge in [0.1, 0.15) is 23.9 Å². The van der Waals surface area contributed by atoms with Crippen LogP contribution in [0.5, 0.6) is 11.5 Å². The summed E-state index contributed by atoms with van der Waals surface area (Å²) in [5.74, 6) is 0.864. The van der Waals surface area contributed by atoms with E-state index in [1.165, 1.54) is 12.1 Å². The van der Waals surface area contributed by atoms with Gasteiger partial charge in [-0.2, -0.15) is 0 Å². The van der Waals surface area contributed by atoms with Crippen molar-refractivity contribution in [1.29, 1.82) is 0 Å². The van der Waals surface area contributed by atoms with Crippen LogP contribution in [0, 0.1) is 5.82 Å². The molecule has 2 aromatic carbocycles. The maximum absolute atomic E-state index is 14.0. The van der Waals surface area contributed by atoms with Gasteiger partial charge in [0.05, 0.1) is 27.9 Å². The molecule has 0 amide bonds. The topological polar surface area (TPSA) is 61.6 Å². The van der Waals surface area contributed by atoms with Crippen molar-refractivity contribution in [2.75, 3.05) is 7.11 Å². The Morgan fingerprint density at radius 1 is 1.22 bits per heavy atom. The molecule has 0 heterocycles. The van der Waals surface area contributed by atoms with Gasteiger partial charge in [-0.25, -0.2) is 8.60 Å². The lowest BCUT2D eigenvalue weighted by molar-refractivity contribution is 0.303. The summed E-state index contributed by atoms with van der Waals surface area (Å²) in [5.41, 5.74) is 1.44. The molecule has 0 radical (unpaired) electrons. The van der Waals surface area contributed by atoms with E-state index in [1.807, 2.05) is 20.8 Å². The zero-order valence-electron chi connectivity index (χ0n) is 15.9. The SMILES string of the molecule is COc1ccc(OCc2c(Cl)cc(F)cc2[C@@H](C)CC(C)(C)S(N)=O)cc1. The van der Waals surface area contributed by atoms with E-state index in [0.29, 0.717) is 22.8 Å². The van der Waals surface area contributed by atoms with Crippen LogP contribution >= 0.6 is 11.6 Å². The van der Waals surface area contributed by atoms with Gasteiger partial charge < -0.3 is 9.47 Å². The fraction of sp³-hybridized carbons (Fsp3) is 0.400. The molecule has 2 atom stereocenters. The third-order valence-electron chi connectivity index (χ3n) is 4.51. The number of ether oxygens (including phenoxy) is 2. The van der Waals surface area contributed by atoms with Crippen molar-refractivity contribution in [1.82, 2.24) is 0 Å². The third-order valence-corrected chi connectivity index (χ3v) is 6.10. The van der Waals surface area contributed by atoms with Crippen LogP contribution in [0.25, 0.3) is 0 Å². The number of hydrogen-bond acceptors (Lipinski definition) is 3. The Labute approximate surface area is 167 Å². The van der Waals surface area contributed by atoms with E-state index in [4.69, 9.17) is 26.2 Å². The van der Waals surface area contributed by atoms with E-state index in [0.717, 1.165) is 11.3 Å². The van der Waals surface area contributed by atoms with Crippen LogP contribution in [0.1, 0.15) is 44.2 Å². The highest BCUT2D eigenvalue weighted by Crippen LogP contribution is 2.34. The van der Waals surface area contributed by atoms with Gasteiger partial charge in [-0.15, -0.1) is 0 Å². The molecule has 2 N–H and O–H groups in total. The Hall–Kier alpha value is -1.63. The molecule has 0 aliphatic heterocycles. The van der Waals surface area contributed by atoms with Gasteiger partial charge in [0.2, 0.25) is 0 Å². The number of hydrogen-bond donors (Lipinski definition) is 1. The van der Waals surface area contributed by atoms with Gasteiger partial charge in [0, 0.05) is 5.56 Å². The predicted molar refractivity (Wildman–Crippen MR) is 108 cm³/mol. The van der Waals surface area contributed by atoms with Crippen LogP contribution in [0.2, 0.25) is 5.02 Å². The molecular weight excluding hydrogens is 389 g/mol. The second-order valence-electron chi connectivity index (χ2n) is 7.08. The molecule has 0 fully saturated rings. The predicted octanol–water partition coefficient (Wildman–Crippen LogP) is 4.96. The van der Waals surface area contributed by atoms with E-state index in [9.17, 15) is 8.60 Å². The average Bonchev–Trinajstić information content (AvgIpc) is 2.60. The summed E-state index contributed by atoms with van der Waals surface area (Å²) in [6, 6.07) is 9.91. The van der Waals surface area contributed by atoms with Crippen LogP contribution < -0.4 is 14.6 Å². The standard InChI is InChI=1S/C20H25ClFNO3S/c1-13(11-20(2,3)27(23)24)17-9-14(22)10-19(21)18(17)12-26-16-7-5-15(25-4)6-8-16/h5-10,13H,11-12,23H2,1-4H3/t13-,27?/m0/s1. The van der Waals surface area contributed by atoms with Crippen molar-refractivity contribution >= 4 is 22.6 Å². The fourth-order valence-electron chi connectivity index (χ4n) is 2.97. The molecule has 2 aromatic rings. The highest BCUT2D eigenvalue weighted by molar-refractivity contribution is 7.84. The van der Waals surface area contributed by atoms with E-state index in [1.54, 1.807) is 31.4 Å². The molecule has 0 saturated heterocycles. The second-order valence-corrected chi connectivity index (χ2v) is 9.19. The minimum Gasteiger partial charge on any atom is -0.497 e. The summed E-state index contributed by atoms with van der Waals surface area (Å²) in [4.78, 5) is 0. The molecular formula is C20H25ClFNO3S. The maximum atomic E-state index is 14.0. The lowest BCUT2D eigenvalue weighted by Crippen LogP contribution is -2.33. The highest BCUT2D eigenvalue weighted by Gasteiger charge is 2.28. The number of nitrogens with two attached hydrogens (primary N) is 1. The van der Waals surface area contributed by atoms with Crippen molar-refractivity contribution in [3.8, 4) is 11.5 Å². The quantitative estimate of drug-likeness (QED) is 0.665. The Morgan fingerprint density at radius 3 is 2.37 bits per heavy atom. The molecule has 7 heteroatoms. The molecule has 148 valence electrons. The minimum absolute atomic E-state index is 0.102. The van der Waals surface area contributed by atoms with Crippen LogP contribution in [0.15, 0.2) is 36.4 Å². The smallest absolute Gasteiger partial charge is 0.125 e. The van der Waals surface area contributed by atoms with Gasteiger partial charge in [0.15, 0.2) is 0 Å². The van der Waals surface area contributed by atoms with E-state index >= 15 is 0 Å². The minimum atomic E-state index is -1.49. The van der Waals surface area contributed by atoms with Crippen molar-refractivity contribution < 1.29 is 18.1 Å². The zero-order chi connectivity index (χ0) is 20.2. The molecule has 2 rings (SSSR count). The molecule has 0 aromatic heterocycles. The van der Waals surface area contributed by atoms with Crippen LogP contribution in [0.4, 0.5) is 4.39 Å². The summed E-state index contributed by atoms with van der Waals surface area (Å²) in [6.45, 7) is 5.79. The second kappa shape index (κ2) is 9.04. The molecule has 0 spiro atoms. The lowest BCUT2D eigenvalue weighted by atomic mass is 9.88. The highest BCUT2D eigenvalue weighted by atomic mass is 35.5. The molecule has 0 saturated carbocycles. The van der Waals surface area contributed by atoms with Gasteiger partial charge in [0.25, 0.3) is 0 Å². The van der Waals surface area contributed by atoms with Gasteiger partial charge >= 0.3 is 0 Å². The van der Waals surface area contributed by atoms with Gasteiger partial charge in [-0.3, -0.25) is 5.14 Å². The summed E-state index contributed by atoms with van der Waals surface area (Å²) < 4.78 is 36.1. The third kappa shape index (κ3) is 5.67. The van der Waals surface area contributed by atoms with Crippen molar-refractivity contribution in [3.63, 3.8) is 0 Å². The molecule has 1 unspecified atom stereocenters. The Morgan fingerprint density at radius 2 is 1.81 bits per heavy atom. The van der Waals surface area contributed by atoms with Crippen molar-refractivity contribution in [2.45, 2.75) is 44.5 Å². The van der Waals surface area contributed by atoms with Gasteiger partial charge in [-0.05, 0) is 68.1 Å². The molecule has 0 aliphatic carbocycles. The molecule has 27 heavy (non-hydrogen) atoms. The Bertz CT molecular complexity index is 812. The summed E-state index contributed by atoms with van der Waals surface area (Å²) in [5, 5.41) is 5.89. The van der Waals surface area contributed by atoms with Crippen molar-refractivity contribution in [2.24, 2.45) is 5.14 Å². The number of rotatable bonds is 8. The summed E-state index contributed by atoms with van der Waals surface area (Å²) >= 11 is 6.30. The first kappa shape index (κ1) is 21.7. The Kier molecular flexibility index (Phi) is 7.25. The normalized spacial score (nSPS) is 13.9. The van der Waals surface area contributed by atoms with Crippen LogP contribution in [-0.4, -0.2) is 16.1 Å². The number of benzene rings is 2. The molecule has 0 bridgehead atoms. The largest absolute Gasteiger partial charge is 0.497 e. The van der Waals surface area contributed by atoms with Gasteiger partial charge in [-0.1, -0.05) is 18.5 Å². The first-order valence-corrected chi connectivity index (χ1v) is 10.1. The first-order chi connectivity index (χ1) is 12.6. The van der Waals surface area contributed by atoms with Crippen LogP contribution in [-0.2, 0) is 17.6 Å². The summed E-state index contributed by atoms with van der Waals surface area (Å²) in [6.07, 6.45) is 0.519. The van der Waals surface area contributed by atoms with E-state index < -0.39 is 21.5 Å². The lowest BCUT2D eigenvalue weighted by Gasteiger charge is -2.27.